The first-order chi connectivity index (χ1) is 13.2. The van der Waals surface area contributed by atoms with Crippen LogP contribution in [0.25, 0.3) is 0 Å². The summed E-state index contributed by atoms with van der Waals surface area (Å²) in [5.74, 6) is -1.82. The molecule has 28 heavy (non-hydrogen) atoms. The highest BCUT2D eigenvalue weighted by Gasteiger charge is 2.17. The molecule has 0 aliphatic carbocycles. The van der Waals surface area contributed by atoms with Crippen LogP contribution in [0.15, 0.2) is 24.3 Å². The largest absolute Gasteiger partial charge is 0.463 e. The maximum atomic E-state index is 11.8. The van der Waals surface area contributed by atoms with E-state index in [4.69, 9.17) is 9.47 Å². The standard InChI is InChI=1S/C20H28O8/c1-13-3-5-15(21)7-9-18(24)12-20(26)28-14(2)4-6-16(22)8-10-17(23)11-19(25)27-13/h7-10,13-14,17-18,23-24H,3-6,11-12H2,1-2H3/b9-7+,10-8+/t13-,14?,17-,18-/m1/s1. The second-order valence-electron chi connectivity index (χ2n) is 6.87. The maximum Gasteiger partial charge on any atom is 0.309 e. The molecule has 0 bridgehead atoms. The first-order valence-corrected chi connectivity index (χ1v) is 9.33. The van der Waals surface area contributed by atoms with Gasteiger partial charge >= 0.3 is 11.9 Å². The fraction of sp³-hybridized carbons (Fsp3) is 0.600. The lowest BCUT2D eigenvalue weighted by Crippen LogP contribution is -2.21. The zero-order valence-corrected chi connectivity index (χ0v) is 16.2. The summed E-state index contributed by atoms with van der Waals surface area (Å²) in [5, 5.41) is 19.6. The molecule has 0 aromatic carbocycles. The molecule has 8 heteroatoms. The Morgan fingerprint density at radius 3 is 1.46 bits per heavy atom. The Bertz CT molecular complexity index is 568. The Morgan fingerprint density at radius 2 is 1.11 bits per heavy atom. The van der Waals surface area contributed by atoms with E-state index in [-0.39, 0.29) is 50.1 Å². The van der Waals surface area contributed by atoms with Crippen molar-refractivity contribution >= 4 is 23.5 Å². The van der Waals surface area contributed by atoms with E-state index in [0.717, 1.165) is 0 Å². The van der Waals surface area contributed by atoms with Crippen LogP contribution in [-0.4, -0.2) is 58.1 Å². The number of rotatable bonds is 0. The lowest BCUT2D eigenvalue weighted by molar-refractivity contribution is -0.151. The van der Waals surface area contributed by atoms with Gasteiger partial charge in [0.25, 0.3) is 0 Å². The summed E-state index contributed by atoms with van der Waals surface area (Å²) in [4.78, 5) is 47.2. The molecule has 1 aliphatic heterocycles. The van der Waals surface area contributed by atoms with Gasteiger partial charge in [-0.15, -0.1) is 0 Å². The van der Waals surface area contributed by atoms with E-state index in [2.05, 4.69) is 0 Å². The number of allylic oxidation sites excluding steroid dienone is 2. The molecule has 4 atom stereocenters. The van der Waals surface area contributed by atoms with Crippen molar-refractivity contribution in [2.75, 3.05) is 0 Å². The summed E-state index contributed by atoms with van der Waals surface area (Å²) < 4.78 is 10.2. The van der Waals surface area contributed by atoms with Crippen molar-refractivity contribution in [3.63, 3.8) is 0 Å². The number of ketones is 2. The highest BCUT2D eigenvalue weighted by atomic mass is 16.5. The predicted molar refractivity (Wildman–Crippen MR) is 99.1 cm³/mol. The van der Waals surface area contributed by atoms with Gasteiger partial charge in [-0.2, -0.15) is 0 Å². The monoisotopic (exact) mass is 396 g/mol. The first-order valence-electron chi connectivity index (χ1n) is 9.33. The van der Waals surface area contributed by atoms with Crippen LogP contribution in [-0.2, 0) is 28.7 Å². The molecule has 1 rings (SSSR count). The fourth-order valence-electron chi connectivity index (χ4n) is 2.43. The number of esters is 2. The molecule has 0 radical (unpaired) electrons. The number of aliphatic hydroxyl groups excluding tert-OH is 2. The molecule has 8 nitrogen and oxygen atoms in total. The molecular weight excluding hydrogens is 368 g/mol. The quantitative estimate of drug-likeness (QED) is 0.584. The van der Waals surface area contributed by atoms with Crippen LogP contribution in [0.4, 0.5) is 0 Å². The van der Waals surface area contributed by atoms with E-state index in [1.807, 2.05) is 0 Å². The van der Waals surface area contributed by atoms with Crippen molar-refractivity contribution in [2.45, 2.75) is 76.8 Å². The van der Waals surface area contributed by atoms with Crippen molar-refractivity contribution < 1.29 is 38.9 Å². The third-order valence-electron chi connectivity index (χ3n) is 4.02. The molecule has 0 aromatic rings. The van der Waals surface area contributed by atoms with Crippen LogP contribution >= 0.6 is 0 Å². The highest BCUT2D eigenvalue weighted by Crippen LogP contribution is 2.09. The van der Waals surface area contributed by atoms with Gasteiger partial charge in [-0.05, 0) is 38.8 Å². The van der Waals surface area contributed by atoms with Crippen LogP contribution in [0.5, 0.6) is 0 Å². The van der Waals surface area contributed by atoms with E-state index in [9.17, 15) is 29.4 Å². The van der Waals surface area contributed by atoms with E-state index in [1.165, 1.54) is 24.3 Å². The fourth-order valence-corrected chi connectivity index (χ4v) is 2.43. The predicted octanol–water partition coefficient (Wildman–Crippen LogP) is 1.18. The van der Waals surface area contributed by atoms with Crippen LogP contribution in [0, 0.1) is 0 Å². The number of hydrogen-bond acceptors (Lipinski definition) is 8. The number of aliphatic hydroxyl groups is 2. The molecule has 0 amide bonds. The topological polar surface area (TPSA) is 127 Å². The Labute approximate surface area is 164 Å². The summed E-state index contributed by atoms with van der Waals surface area (Å²) in [7, 11) is 0. The van der Waals surface area contributed by atoms with E-state index >= 15 is 0 Å². The molecule has 0 spiro atoms. The van der Waals surface area contributed by atoms with Crippen molar-refractivity contribution in [3.05, 3.63) is 24.3 Å². The summed E-state index contributed by atoms with van der Waals surface area (Å²) in [6, 6.07) is 0. The Balaban J connectivity index is 2.77. The van der Waals surface area contributed by atoms with E-state index < -0.39 is 36.4 Å². The van der Waals surface area contributed by atoms with Crippen LogP contribution in [0.2, 0.25) is 0 Å². The Hall–Kier alpha value is -2.32. The molecule has 2 N–H and O–H groups in total. The lowest BCUT2D eigenvalue weighted by atomic mass is 10.1. The van der Waals surface area contributed by atoms with E-state index in [0.29, 0.717) is 0 Å². The van der Waals surface area contributed by atoms with Gasteiger partial charge in [-0.3, -0.25) is 19.2 Å². The summed E-state index contributed by atoms with van der Waals surface area (Å²) in [5.41, 5.74) is 0. The minimum Gasteiger partial charge on any atom is -0.463 e. The first kappa shape index (κ1) is 23.7. The normalized spacial score (nSPS) is 32.1. The zero-order chi connectivity index (χ0) is 21.1. The zero-order valence-electron chi connectivity index (χ0n) is 16.2. The summed E-state index contributed by atoms with van der Waals surface area (Å²) >= 11 is 0. The Kier molecular flexibility index (Phi) is 10.3. The van der Waals surface area contributed by atoms with Gasteiger partial charge < -0.3 is 19.7 Å². The molecular formula is C20H28O8. The SMILES string of the molecule is CC1CCC(=O)/C=C/[C@@H](O)CC(=O)O[C@H](C)CCC(=O)/C=C/[C@@H](O)CC(=O)O1. The molecule has 1 aliphatic rings. The molecule has 0 saturated carbocycles. The van der Waals surface area contributed by atoms with Crippen molar-refractivity contribution in [2.24, 2.45) is 0 Å². The number of ether oxygens (including phenoxy) is 2. The maximum absolute atomic E-state index is 11.8. The third kappa shape index (κ3) is 10.7. The molecule has 1 unspecified atom stereocenters. The van der Waals surface area contributed by atoms with Gasteiger partial charge in [0.2, 0.25) is 0 Å². The van der Waals surface area contributed by atoms with Crippen molar-refractivity contribution in [1.82, 2.24) is 0 Å². The molecule has 1 heterocycles. The smallest absolute Gasteiger partial charge is 0.309 e. The summed E-state index contributed by atoms with van der Waals surface area (Å²) in [6.07, 6.45) is 1.54. The lowest BCUT2D eigenvalue weighted by Gasteiger charge is -2.14. The van der Waals surface area contributed by atoms with Crippen LogP contribution < -0.4 is 0 Å². The number of carbonyl (C=O) groups is 4. The van der Waals surface area contributed by atoms with Gasteiger partial charge in [-0.1, -0.05) is 12.2 Å². The van der Waals surface area contributed by atoms with Crippen LogP contribution in [0.3, 0.4) is 0 Å². The number of cyclic esters (lactones) is 2. The molecule has 0 fully saturated rings. The number of hydrogen-bond donors (Lipinski definition) is 2. The minimum absolute atomic E-state index is 0.0934. The van der Waals surface area contributed by atoms with Crippen LogP contribution in [0.1, 0.15) is 52.4 Å². The average Bonchev–Trinajstić information content (AvgIpc) is 2.60. The second-order valence-corrected chi connectivity index (χ2v) is 6.87. The van der Waals surface area contributed by atoms with Gasteiger partial charge in [-0.25, -0.2) is 0 Å². The average molecular weight is 396 g/mol. The summed E-state index contributed by atoms with van der Waals surface area (Å²) in [6.45, 7) is 3.25. The molecule has 156 valence electrons. The van der Waals surface area contributed by atoms with Crippen molar-refractivity contribution in [1.29, 1.82) is 0 Å². The third-order valence-corrected chi connectivity index (χ3v) is 4.02. The van der Waals surface area contributed by atoms with E-state index in [1.54, 1.807) is 13.8 Å². The minimum atomic E-state index is -1.16. The Morgan fingerprint density at radius 1 is 0.750 bits per heavy atom. The van der Waals surface area contributed by atoms with Gasteiger partial charge in [0, 0.05) is 12.8 Å². The second kappa shape index (κ2) is 12.2. The molecule has 0 saturated heterocycles. The van der Waals surface area contributed by atoms with Gasteiger partial charge in [0.1, 0.15) is 0 Å². The number of carbonyl (C=O) groups excluding carboxylic acids is 4. The van der Waals surface area contributed by atoms with Crippen molar-refractivity contribution in [3.8, 4) is 0 Å². The van der Waals surface area contributed by atoms with Gasteiger partial charge in [0.05, 0.1) is 37.3 Å². The van der Waals surface area contributed by atoms with Gasteiger partial charge in [0.15, 0.2) is 11.6 Å². The molecule has 0 aromatic heterocycles. The highest BCUT2D eigenvalue weighted by molar-refractivity contribution is 5.90.